The van der Waals surface area contributed by atoms with Gasteiger partial charge in [0, 0.05) is 11.3 Å². The molecular weight excluding hydrogens is 214 g/mol. The summed E-state index contributed by atoms with van der Waals surface area (Å²) in [5, 5.41) is 9.41. The Morgan fingerprint density at radius 3 is 2.69 bits per heavy atom. The van der Waals surface area contributed by atoms with E-state index in [2.05, 4.69) is 9.78 Å². The lowest BCUT2D eigenvalue weighted by molar-refractivity contribution is -0.499. The molecule has 0 aliphatic carbocycles. The number of nitrogen functional groups attached to an aromatic ring is 1. The highest BCUT2D eigenvalue weighted by atomic mass is 17.4. The number of hydrogen-bond donors (Lipinski definition) is 2. The third-order valence-corrected chi connectivity index (χ3v) is 2.85. The number of ether oxygens (including phenoxy) is 1. The van der Waals surface area contributed by atoms with Crippen LogP contribution in [0.3, 0.4) is 0 Å². The number of epoxide rings is 1. The Labute approximate surface area is 90.4 Å². The second-order valence-electron chi connectivity index (χ2n) is 3.82. The molecule has 2 unspecified atom stereocenters. The maximum atomic E-state index is 12.0. The molecule has 0 spiro atoms. The number of rotatable bonds is 2. The highest BCUT2D eigenvalue weighted by molar-refractivity contribution is 6.06. The van der Waals surface area contributed by atoms with Gasteiger partial charge in [0.15, 0.2) is 0 Å². The first-order valence-corrected chi connectivity index (χ1v) is 4.69. The molecular formula is C10H9NO5. The summed E-state index contributed by atoms with van der Waals surface area (Å²) in [5.74, 6) is -4.10. The first-order chi connectivity index (χ1) is 7.50. The molecule has 0 saturated carbocycles. The Hall–Kier alpha value is -1.47. The van der Waals surface area contributed by atoms with Crippen molar-refractivity contribution in [3.8, 4) is 0 Å². The second kappa shape index (κ2) is 2.61. The molecule has 0 amide bonds. The predicted molar refractivity (Wildman–Crippen MR) is 50.9 cm³/mol. The average molecular weight is 223 g/mol. The molecule has 2 atom stereocenters. The normalized spacial score (nSPS) is 35.1. The Balaban J connectivity index is 2.00. The molecule has 6 heteroatoms. The van der Waals surface area contributed by atoms with E-state index >= 15 is 0 Å². The smallest absolute Gasteiger partial charge is 0.380 e. The molecule has 2 fully saturated rings. The van der Waals surface area contributed by atoms with Gasteiger partial charge in [-0.1, -0.05) is 12.1 Å². The molecule has 6 nitrogen and oxygen atoms in total. The summed E-state index contributed by atoms with van der Waals surface area (Å²) in [6.07, 6.45) is 0. The Morgan fingerprint density at radius 2 is 2.19 bits per heavy atom. The molecule has 0 radical (unpaired) electrons. The van der Waals surface area contributed by atoms with Crippen molar-refractivity contribution in [3.05, 3.63) is 29.3 Å². The standard InChI is InChI=1S/C10H9NO5/c1-5-6(3-2-4-7(5)11)8(12)9-10(13,14-9)16-15-9/h2-4,13H,11H2,1H3. The van der Waals surface area contributed by atoms with Gasteiger partial charge in [-0.05, 0) is 18.6 Å². The van der Waals surface area contributed by atoms with Crippen molar-refractivity contribution in [2.24, 2.45) is 0 Å². The summed E-state index contributed by atoms with van der Waals surface area (Å²) < 4.78 is 4.73. The van der Waals surface area contributed by atoms with Crippen molar-refractivity contribution in [2.75, 3.05) is 5.73 Å². The molecule has 0 bridgehead atoms. The van der Waals surface area contributed by atoms with Crippen LogP contribution in [0.15, 0.2) is 18.2 Å². The maximum absolute atomic E-state index is 12.0. The fourth-order valence-electron chi connectivity index (χ4n) is 1.70. The van der Waals surface area contributed by atoms with Gasteiger partial charge < -0.3 is 10.8 Å². The zero-order chi connectivity index (χ0) is 11.6. The van der Waals surface area contributed by atoms with Gasteiger partial charge in [0.2, 0.25) is 5.78 Å². The Kier molecular flexibility index (Phi) is 1.59. The molecule has 2 aliphatic rings. The molecule has 16 heavy (non-hydrogen) atoms. The fraction of sp³-hybridized carbons (Fsp3) is 0.300. The van der Waals surface area contributed by atoms with Gasteiger partial charge in [0.25, 0.3) is 0 Å². The number of carbonyl (C=O) groups excluding carboxylic acids is 1. The molecule has 0 aromatic heterocycles. The zero-order valence-electron chi connectivity index (χ0n) is 8.39. The number of nitrogens with two attached hydrogens (primary N) is 1. The summed E-state index contributed by atoms with van der Waals surface area (Å²) in [4.78, 5) is 20.9. The van der Waals surface area contributed by atoms with Gasteiger partial charge in [-0.25, -0.2) is 0 Å². The summed E-state index contributed by atoms with van der Waals surface area (Å²) in [6.45, 7) is 1.71. The van der Waals surface area contributed by atoms with Crippen molar-refractivity contribution < 1.29 is 24.4 Å². The second-order valence-corrected chi connectivity index (χ2v) is 3.82. The fourth-order valence-corrected chi connectivity index (χ4v) is 1.70. The van der Waals surface area contributed by atoms with Crippen LogP contribution in [-0.4, -0.2) is 22.7 Å². The third kappa shape index (κ3) is 0.921. The maximum Gasteiger partial charge on any atom is 0.380 e. The van der Waals surface area contributed by atoms with Gasteiger partial charge >= 0.3 is 11.8 Å². The van der Waals surface area contributed by atoms with Gasteiger partial charge in [-0.15, -0.1) is 0 Å². The highest BCUT2D eigenvalue weighted by Crippen LogP contribution is 2.58. The van der Waals surface area contributed by atoms with E-state index in [4.69, 9.17) is 10.5 Å². The third-order valence-electron chi connectivity index (χ3n) is 2.85. The first-order valence-electron chi connectivity index (χ1n) is 4.69. The molecule has 1 aromatic rings. The van der Waals surface area contributed by atoms with Crippen LogP contribution in [0.1, 0.15) is 15.9 Å². The Morgan fingerprint density at radius 1 is 1.44 bits per heavy atom. The number of aliphatic hydroxyl groups is 1. The number of benzene rings is 1. The van der Waals surface area contributed by atoms with Crippen LogP contribution in [0.5, 0.6) is 0 Å². The van der Waals surface area contributed by atoms with Crippen LogP contribution >= 0.6 is 0 Å². The van der Waals surface area contributed by atoms with Crippen molar-refractivity contribution in [1.29, 1.82) is 0 Å². The number of fused-ring (bicyclic) bond motifs is 1. The molecule has 2 aliphatic heterocycles. The molecule has 3 rings (SSSR count). The minimum absolute atomic E-state index is 0.347. The van der Waals surface area contributed by atoms with E-state index in [0.717, 1.165) is 0 Å². The van der Waals surface area contributed by atoms with Crippen LogP contribution in [0, 0.1) is 6.92 Å². The van der Waals surface area contributed by atoms with Crippen LogP contribution in [-0.2, 0) is 14.5 Å². The number of hydrogen-bond acceptors (Lipinski definition) is 6. The van der Waals surface area contributed by atoms with E-state index in [1.54, 1.807) is 25.1 Å². The topological polar surface area (TPSA) is 94.3 Å². The van der Waals surface area contributed by atoms with Crippen molar-refractivity contribution in [2.45, 2.75) is 18.7 Å². The number of carbonyl (C=O) groups is 1. The zero-order valence-corrected chi connectivity index (χ0v) is 8.39. The number of anilines is 1. The van der Waals surface area contributed by atoms with Crippen LogP contribution in [0.4, 0.5) is 5.69 Å². The first kappa shape index (κ1) is 9.73. The predicted octanol–water partition coefficient (Wildman–Crippen LogP) is 0.0943. The van der Waals surface area contributed by atoms with E-state index in [1.165, 1.54) is 0 Å². The van der Waals surface area contributed by atoms with E-state index in [9.17, 15) is 9.90 Å². The van der Waals surface area contributed by atoms with Crippen LogP contribution in [0.2, 0.25) is 0 Å². The minimum atomic E-state index is -1.92. The summed E-state index contributed by atoms with van der Waals surface area (Å²) in [7, 11) is 0. The van der Waals surface area contributed by atoms with E-state index in [0.29, 0.717) is 16.8 Å². The summed E-state index contributed by atoms with van der Waals surface area (Å²) in [5.41, 5.74) is 7.14. The van der Waals surface area contributed by atoms with Crippen molar-refractivity contribution >= 4 is 11.5 Å². The highest BCUT2D eigenvalue weighted by Gasteiger charge is 2.89. The van der Waals surface area contributed by atoms with E-state index in [-0.39, 0.29) is 0 Å². The van der Waals surface area contributed by atoms with E-state index < -0.39 is 17.5 Å². The Bertz CT molecular complexity index is 502. The molecule has 2 heterocycles. The molecule has 2 saturated heterocycles. The lowest BCUT2D eigenvalue weighted by atomic mass is 9.99. The lowest BCUT2D eigenvalue weighted by Crippen LogP contribution is -2.48. The van der Waals surface area contributed by atoms with Gasteiger partial charge in [0.05, 0.1) is 0 Å². The lowest BCUT2D eigenvalue weighted by Gasteiger charge is -2.21. The monoisotopic (exact) mass is 223 g/mol. The summed E-state index contributed by atoms with van der Waals surface area (Å²) in [6, 6.07) is 4.92. The van der Waals surface area contributed by atoms with Gasteiger partial charge in [-0.3, -0.25) is 9.53 Å². The summed E-state index contributed by atoms with van der Waals surface area (Å²) >= 11 is 0. The van der Waals surface area contributed by atoms with Crippen LogP contribution in [0.25, 0.3) is 0 Å². The van der Waals surface area contributed by atoms with E-state index in [1.807, 2.05) is 0 Å². The molecule has 3 N–H and O–H groups in total. The average Bonchev–Trinajstić information content (AvgIpc) is 2.68. The molecule has 1 aromatic carbocycles. The SMILES string of the molecule is Cc1c(N)cccc1C(=O)C12OOC1(O)O2. The van der Waals surface area contributed by atoms with Gasteiger partial charge in [-0.2, -0.15) is 9.78 Å². The largest absolute Gasteiger partial charge is 0.398 e. The van der Waals surface area contributed by atoms with Crippen molar-refractivity contribution in [3.63, 3.8) is 0 Å². The van der Waals surface area contributed by atoms with Crippen LogP contribution < -0.4 is 5.73 Å². The number of Topliss-reactive ketones (excluding diaryl/α,β-unsaturated/α-hetero) is 1. The quantitative estimate of drug-likeness (QED) is 0.319. The van der Waals surface area contributed by atoms with Gasteiger partial charge in [0.1, 0.15) is 0 Å². The molecule has 84 valence electrons. The van der Waals surface area contributed by atoms with Crippen molar-refractivity contribution in [1.82, 2.24) is 0 Å². The minimum Gasteiger partial charge on any atom is -0.398 e. The number of ketones is 1.